The molecule has 2 rings (SSSR count). The molecule has 1 heterocycles. The minimum Gasteiger partial charge on any atom is -0.481 e. The van der Waals surface area contributed by atoms with Gasteiger partial charge in [-0.3, -0.25) is 49.5 Å². The Kier molecular flexibility index (Phi) is 15.8. The number of unbranched alkanes of at least 4 members (excludes halogenated alkanes) is 2. The molecule has 0 fully saturated rings. The van der Waals surface area contributed by atoms with E-state index in [9.17, 15) is 43.8 Å². The maximum absolute atomic E-state index is 13.2. The van der Waals surface area contributed by atoms with Crippen LogP contribution in [0.1, 0.15) is 71.3 Å². The molecule has 264 valence electrons. The fraction of sp³-hybridized carbons (Fsp3) is 0.531. The number of hydrogen-bond acceptors (Lipinski definition) is 11. The van der Waals surface area contributed by atoms with Crippen LogP contribution in [0.25, 0.3) is 0 Å². The molecule has 0 saturated heterocycles. The summed E-state index contributed by atoms with van der Waals surface area (Å²) in [5.74, 6) is -4.58. The minimum atomic E-state index is -1.48. The topological polar surface area (TPSA) is 247 Å². The van der Waals surface area contributed by atoms with Crippen LogP contribution in [0.5, 0.6) is 0 Å². The lowest BCUT2D eigenvalue weighted by Crippen LogP contribution is -2.53. The predicted octanol–water partition coefficient (Wildman–Crippen LogP) is 0.249. The van der Waals surface area contributed by atoms with E-state index >= 15 is 0 Å². The number of nitrogens with two attached hydrogens (primary N) is 1. The molecule has 0 radical (unpaired) electrons. The van der Waals surface area contributed by atoms with Gasteiger partial charge in [-0.2, -0.15) is 0 Å². The highest BCUT2D eigenvalue weighted by Crippen LogP contribution is 2.18. The van der Waals surface area contributed by atoms with E-state index < -0.39 is 65.8 Å². The van der Waals surface area contributed by atoms with E-state index in [2.05, 4.69) is 21.3 Å². The number of rotatable bonds is 20. The van der Waals surface area contributed by atoms with E-state index in [1.54, 1.807) is 45.0 Å². The van der Waals surface area contributed by atoms with Crippen LogP contribution in [0.3, 0.4) is 0 Å². The van der Waals surface area contributed by atoms with Gasteiger partial charge in [0.1, 0.15) is 18.7 Å². The highest BCUT2D eigenvalue weighted by Gasteiger charge is 2.29. The highest BCUT2D eigenvalue weighted by molar-refractivity contribution is 6.12. The fourth-order valence-corrected chi connectivity index (χ4v) is 4.41. The first-order chi connectivity index (χ1) is 22.6. The summed E-state index contributed by atoms with van der Waals surface area (Å²) in [5, 5.41) is 28.9. The van der Waals surface area contributed by atoms with E-state index in [1.807, 2.05) is 0 Å². The van der Waals surface area contributed by atoms with Gasteiger partial charge in [-0.1, -0.05) is 18.6 Å². The van der Waals surface area contributed by atoms with Gasteiger partial charge in [-0.05, 0) is 70.7 Å². The van der Waals surface area contributed by atoms with Crippen molar-refractivity contribution in [2.45, 2.75) is 90.8 Å². The van der Waals surface area contributed by atoms with Gasteiger partial charge in [-0.15, -0.1) is 0 Å². The van der Waals surface area contributed by atoms with Gasteiger partial charge in [0.15, 0.2) is 6.35 Å². The molecule has 16 heteroatoms. The zero-order valence-corrected chi connectivity index (χ0v) is 27.5. The number of carboxylic acid groups (broad SMARTS) is 1. The molecule has 1 aromatic rings. The second-order valence-corrected chi connectivity index (χ2v) is 12.3. The molecule has 3 atom stereocenters. The number of nitrogens with zero attached hydrogens (tertiary/aromatic N) is 1. The van der Waals surface area contributed by atoms with Crippen molar-refractivity contribution in [3.63, 3.8) is 0 Å². The first-order valence-electron chi connectivity index (χ1n) is 15.7. The zero-order chi connectivity index (χ0) is 35.9. The number of imide groups is 1. The molecular formula is C32H46N6O10. The quantitative estimate of drug-likeness (QED) is 0.0426. The molecule has 0 aromatic heterocycles. The molecule has 0 spiro atoms. The monoisotopic (exact) mass is 674 g/mol. The summed E-state index contributed by atoms with van der Waals surface area (Å²) in [6, 6.07) is 3.87. The third-order valence-electron chi connectivity index (χ3n) is 7.08. The van der Waals surface area contributed by atoms with Gasteiger partial charge in [-0.25, -0.2) is 0 Å². The van der Waals surface area contributed by atoms with Crippen molar-refractivity contribution in [2.24, 2.45) is 11.1 Å². The molecule has 5 amide bonds. The summed E-state index contributed by atoms with van der Waals surface area (Å²) in [4.78, 5) is 86.9. The van der Waals surface area contributed by atoms with Crippen molar-refractivity contribution in [3.8, 4) is 0 Å². The molecule has 0 saturated carbocycles. The number of aliphatic hydroxyl groups excluding tert-OH is 1. The number of carbonyl (C=O) groups is 7. The van der Waals surface area contributed by atoms with Crippen LogP contribution in [0, 0.1) is 5.41 Å². The molecule has 1 aliphatic heterocycles. The molecule has 1 aliphatic rings. The van der Waals surface area contributed by atoms with Crippen LogP contribution in [0.4, 0.5) is 5.69 Å². The van der Waals surface area contributed by atoms with E-state index in [0.29, 0.717) is 30.5 Å². The number of ether oxygens (including phenoxy) is 1. The van der Waals surface area contributed by atoms with Crippen LogP contribution in [0.15, 0.2) is 36.4 Å². The number of aliphatic carboxylic acids is 1. The number of esters is 1. The van der Waals surface area contributed by atoms with Crippen molar-refractivity contribution < 1.29 is 48.5 Å². The first-order valence-corrected chi connectivity index (χ1v) is 15.7. The lowest BCUT2D eigenvalue weighted by atomic mass is 9.97. The van der Waals surface area contributed by atoms with Crippen molar-refractivity contribution in [2.75, 3.05) is 18.4 Å². The molecule has 1 aromatic carbocycles. The SMILES string of the molecule is CC(C)(C)C(=O)OCc1ccc(NC(=O)[C@H](CCCNC(N)O)NC(=O)[C@H](CC(=O)O)NC(=O)CCCCCN2C(=O)C=CC2=O)cc1. The number of aliphatic hydroxyl groups is 1. The van der Waals surface area contributed by atoms with Crippen LogP contribution in [0.2, 0.25) is 0 Å². The number of nitrogens with one attached hydrogen (secondary N) is 4. The lowest BCUT2D eigenvalue weighted by molar-refractivity contribution is -0.154. The number of hydrogen-bond donors (Lipinski definition) is 7. The molecule has 0 aliphatic carbocycles. The van der Waals surface area contributed by atoms with E-state index in [4.69, 9.17) is 10.5 Å². The van der Waals surface area contributed by atoms with Gasteiger partial charge in [0.05, 0.1) is 11.8 Å². The molecular weight excluding hydrogens is 628 g/mol. The van der Waals surface area contributed by atoms with E-state index in [1.165, 1.54) is 12.2 Å². The Morgan fingerprint density at radius 3 is 2.12 bits per heavy atom. The summed E-state index contributed by atoms with van der Waals surface area (Å²) in [6.07, 6.45) is 1.99. The van der Waals surface area contributed by atoms with Gasteiger partial charge in [0.25, 0.3) is 11.8 Å². The summed E-state index contributed by atoms with van der Waals surface area (Å²) < 4.78 is 5.30. The highest BCUT2D eigenvalue weighted by atomic mass is 16.5. The van der Waals surface area contributed by atoms with Gasteiger partial charge in [0.2, 0.25) is 17.7 Å². The molecule has 8 N–H and O–H groups in total. The third-order valence-corrected chi connectivity index (χ3v) is 7.08. The van der Waals surface area contributed by atoms with Crippen LogP contribution in [-0.4, -0.2) is 88.1 Å². The number of benzene rings is 1. The molecule has 16 nitrogen and oxygen atoms in total. The standard InChI is InChI=1S/C32H46N6O10/c1-32(2,3)30(46)48-19-20-10-12-21(13-11-20)35-28(44)22(8-7-16-34-31(33)47)37-29(45)23(18-27(42)43)36-24(39)9-5-4-6-17-38-25(40)14-15-26(38)41/h10-15,22-23,31,34,47H,4-9,16-19,33H2,1-3H3,(H,35,44)(H,36,39)(H,37,45)(H,42,43)/t22-,23-,31?/m0/s1. The Bertz CT molecular complexity index is 1320. The van der Waals surface area contributed by atoms with Crippen LogP contribution < -0.4 is 27.0 Å². The Labute approximate surface area is 278 Å². The third kappa shape index (κ3) is 14.4. The zero-order valence-electron chi connectivity index (χ0n) is 27.5. The second kappa shape index (κ2) is 19.2. The Balaban J connectivity index is 1.98. The van der Waals surface area contributed by atoms with Crippen molar-refractivity contribution in [1.29, 1.82) is 0 Å². The summed E-state index contributed by atoms with van der Waals surface area (Å²) in [5.41, 5.74) is 5.69. The number of anilines is 1. The van der Waals surface area contributed by atoms with E-state index in [-0.39, 0.29) is 44.9 Å². The Morgan fingerprint density at radius 2 is 1.54 bits per heavy atom. The minimum absolute atomic E-state index is 0.0358. The van der Waals surface area contributed by atoms with Gasteiger partial charge >= 0.3 is 11.9 Å². The Hall–Kier alpha value is -4.67. The van der Waals surface area contributed by atoms with Gasteiger partial charge < -0.3 is 30.9 Å². The maximum atomic E-state index is 13.2. The molecule has 48 heavy (non-hydrogen) atoms. The second-order valence-electron chi connectivity index (χ2n) is 12.3. The molecule has 1 unspecified atom stereocenters. The van der Waals surface area contributed by atoms with Crippen molar-refractivity contribution in [3.05, 3.63) is 42.0 Å². The average Bonchev–Trinajstić information content (AvgIpc) is 3.32. The molecule has 0 bridgehead atoms. The first kappa shape index (κ1) is 39.5. The summed E-state index contributed by atoms with van der Waals surface area (Å²) >= 11 is 0. The largest absolute Gasteiger partial charge is 0.481 e. The lowest BCUT2D eigenvalue weighted by Gasteiger charge is -2.23. The maximum Gasteiger partial charge on any atom is 0.311 e. The van der Waals surface area contributed by atoms with E-state index in [0.717, 1.165) is 4.90 Å². The normalized spacial score (nSPS) is 14.6. The van der Waals surface area contributed by atoms with Crippen LogP contribution in [-0.2, 0) is 44.9 Å². The fourth-order valence-electron chi connectivity index (χ4n) is 4.41. The number of carboxylic acids is 1. The predicted molar refractivity (Wildman–Crippen MR) is 172 cm³/mol. The number of amides is 5. The summed E-state index contributed by atoms with van der Waals surface area (Å²) in [6.45, 7) is 5.66. The summed E-state index contributed by atoms with van der Waals surface area (Å²) in [7, 11) is 0. The average molecular weight is 675 g/mol. The Morgan fingerprint density at radius 1 is 0.896 bits per heavy atom. The van der Waals surface area contributed by atoms with Crippen LogP contribution >= 0.6 is 0 Å². The smallest absolute Gasteiger partial charge is 0.311 e. The number of carbonyl (C=O) groups excluding carboxylic acids is 6. The van der Waals surface area contributed by atoms with Crippen molar-refractivity contribution >= 4 is 47.2 Å². The van der Waals surface area contributed by atoms with Crippen molar-refractivity contribution in [1.82, 2.24) is 20.9 Å². The van der Waals surface area contributed by atoms with Gasteiger partial charge in [0, 0.05) is 30.8 Å².